The Morgan fingerprint density at radius 2 is 1.94 bits per heavy atom. The van der Waals surface area contributed by atoms with Crippen LogP contribution in [0.15, 0.2) is 28.7 Å². The van der Waals surface area contributed by atoms with Crippen molar-refractivity contribution >= 4 is 15.9 Å². The molecular weight excluding hydrogens is 318 g/mol. The van der Waals surface area contributed by atoms with Gasteiger partial charge < -0.3 is 10.8 Å². The van der Waals surface area contributed by atoms with Crippen LogP contribution in [0, 0.1) is 0 Å². The Kier molecular flexibility index (Phi) is 4.74. The predicted molar refractivity (Wildman–Crippen MR) is 62.7 cm³/mol. The molecular formula is C11H12BrF4NO. The van der Waals surface area contributed by atoms with Crippen molar-refractivity contribution in [3.05, 3.63) is 34.3 Å². The summed E-state index contributed by atoms with van der Waals surface area (Å²) in [6, 6.07) is 6.04. The van der Waals surface area contributed by atoms with Gasteiger partial charge in [0.25, 0.3) is 0 Å². The molecule has 1 unspecified atom stereocenters. The Labute approximate surface area is 110 Å². The minimum absolute atomic E-state index is 0.197. The molecule has 7 heteroatoms. The first-order valence-corrected chi connectivity index (χ1v) is 5.84. The van der Waals surface area contributed by atoms with Gasteiger partial charge in [-0.3, -0.25) is 0 Å². The van der Waals surface area contributed by atoms with Gasteiger partial charge in [-0.2, -0.15) is 13.2 Å². The van der Waals surface area contributed by atoms with E-state index in [-0.39, 0.29) is 5.56 Å². The lowest BCUT2D eigenvalue weighted by Crippen LogP contribution is -2.45. The third-order valence-corrected chi connectivity index (χ3v) is 3.07. The van der Waals surface area contributed by atoms with Crippen molar-refractivity contribution < 1.29 is 22.7 Å². The van der Waals surface area contributed by atoms with Gasteiger partial charge >= 0.3 is 6.18 Å². The summed E-state index contributed by atoms with van der Waals surface area (Å²) >= 11 is 3.13. The van der Waals surface area contributed by atoms with E-state index in [0.717, 1.165) is 0 Å². The van der Waals surface area contributed by atoms with Gasteiger partial charge in [0.1, 0.15) is 6.67 Å². The van der Waals surface area contributed by atoms with Gasteiger partial charge in [-0.05, 0) is 17.7 Å². The molecule has 0 amide bonds. The van der Waals surface area contributed by atoms with Crippen molar-refractivity contribution in [1.82, 2.24) is 0 Å². The van der Waals surface area contributed by atoms with Gasteiger partial charge in [-0.25, -0.2) is 4.39 Å². The molecule has 0 saturated carbocycles. The van der Waals surface area contributed by atoms with Crippen molar-refractivity contribution in [2.45, 2.75) is 24.2 Å². The first kappa shape index (κ1) is 15.4. The number of nitrogens with two attached hydrogens (primary N) is 1. The molecule has 0 spiro atoms. The summed E-state index contributed by atoms with van der Waals surface area (Å²) in [4.78, 5) is 0. The number of rotatable bonds is 4. The number of aliphatic hydroxyl groups excluding tert-OH is 1. The molecule has 0 saturated heterocycles. The molecule has 2 atom stereocenters. The number of benzene rings is 1. The van der Waals surface area contributed by atoms with Gasteiger partial charge in [-0.15, -0.1) is 0 Å². The molecule has 0 bridgehead atoms. The van der Waals surface area contributed by atoms with Crippen LogP contribution in [-0.2, 0) is 5.54 Å². The molecule has 0 fully saturated rings. The average molecular weight is 330 g/mol. The second-order valence-corrected chi connectivity index (χ2v) is 4.98. The second kappa shape index (κ2) is 5.54. The number of halogens is 5. The zero-order chi connectivity index (χ0) is 14.0. The Morgan fingerprint density at radius 3 is 2.39 bits per heavy atom. The van der Waals surface area contributed by atoms with Crippen LogP contribution in [0.5, 0.6) is 0 Å². The fraction of sp³-hybridized carbons (Fsp3) is 0.455. The van der Waals surface area contributed by atoms with Gasteiger partial charge in [0.05, 0.1) is 5.54 Å². The predicted octanol–water partition coefficient (Wildman–Crippen LogP) is 2.89. The number of hydrogen-bond donors (Lipinski definition) is 2. The molecule has 1 aromatic carbocycles. The summed E-state index contributed by atoms with van der Waals surface area (Å²) < 4.78 is 50.4. The van der Waals surface area contributed by atoms with Crippen molar-refractivity contribution in [2.24, 2.45) is 5.73 Å². The van der Waals surface area contributed by atoms with E-state index in [1.807, 2.05) is 0 Å². The van der Waals surface area contributed by atoms with Crippen LogP contribution in [0.4, 0.5) is 17.6 Å². The van der Waals surface area contributed by atoms with E-state index in [4.69, 9.17) is 10.8 Å². The maximum Gasteiger partial charge on any atom is 0.414 e. The number of hydrogen-bond acceptors (Lipinski definition) is 2. The SMILES string of the molecule is NC(CF)(C[C@H](O)C(F)(F)F)c1cccc(Br)c1. The largest absolute Gasteiger partial charge is 0.414 e. The van der Waals surface area contributed by atoms with E-state index < -0.39 is 30.9 Å². The molecule has 0 aliphatic carbocycles. The zero-order valence-electron chi connectivity index (χ0n) is 9.22. The van der Waals surface area contributed by atoms with Crippen LogP contribution in [0.1, 0.15) is 12.0 Å². The fourth-order valence-corrected chi connectivity index (χ4v) is 1.91. The number of aliphatic hydroxyl groups is 1. The summed E-state index contributed by atoms with van der Waals surface area (Å²) in [5, 5.41) is 9.00. The fourth-order valence-electron chi connectivity index (χ4n) is 1.51. The van der Waals surface area contributed by atoms with E-state index in [1.165, 1.54) is 18.2 Å². The van der Waals surface area contributed by atoms with Crippen molar-refractivity contribution in [3.8, 4) is 0 Å². The lowest BCUT2D eigenvalue weighted by atomic mass is 9.86. The minimum Gasteiger partial charge on any atom is -0.384 e. The number of alkyl halides is 4. The van der Waals surface area contributed by atoms with Crippen LogP contribution in [-0.4, -0.2) is 24.1 Å². The lowest BCUT2D eigenvalue weighted by Gasteiger charge is -2.30. The molecule has 0 aliphatic rings. The molecule has 0 aromatic heterocycles. The van der Waals surface area contributed by atoms with Crippen LogP contribution >= 0.6 is 15.9 Å². The van der Waals surface area contributed by atoms with Gasteiger partial charge in [-0.1, -0.05) is 28.1 Å². The Balaban J connectivity index is 2.99. The lowest BCUT2D eigenvalue weighted by molar-refractivity contribution is -0.210. The van der Waals surface area contributed by atoms with Crippen LogP contribution in [0.25, 0.3) is 0 Å². The molecule has 0 radical (unpaired) electrons. The van der Waals surface area contributed by atoms with E-state index in [2.05, 4.69) is 15.9 Å². The highest BCUT2D eigenvalue weighted by atomic mass is 79.9. The summed E-state index contributed by atoms with van der Waals surface area (Å²) in [6.07, 6.45) is -8.40. The smallest absolute Gasteiger partial charge is 0.384 e. The monoisotopic (exact) mass is 329 g/mol. The molecule has 1 rings (SSSR count). The highest BCUT2D eigenvalue weighted by molar-refractivity contribution is 9.10. The molecule has 102 valence electrons. The molecule has 18 heavy (non-hydrogen) atoms. The first-order valence-electron chi connectivity index (χ1n) is 5.05. The average Bonchev–Trinajstić information content (AvgIpc) is 2.27. The Morgan fingerprint density at radius 1 is 1.33 bits per heavy atom. The quantitative estimate of drug-likeness (QED) is 0.834. The van der Waals surface area contributed by atoms with Crippen molar-refractivity contribution in [2.75, 3.05) is 6.67 Å². The van der Waals surface area contributed by atoms with Crippen molar-refractivity contribution in [3.63, 3.8) is 0 Å². The van der Waals surface area contributed by atoms with E-state index in [0.29, 0.717) is 4.47 Å². The van der Waals surface area contributed by atoms with Crippen LogP contribution in [0.3, 0.4) is 0 Å². The standard InChI is InChI=1S/C11H12BrF4NO/c12-8-3-1-2-7(4-8)10(17,6-13)5-9(18)11(14,15)16/h1-4,9,18H,5-6,17H2/t9-,10?/m0/s1. The van der Waals surface area contributed by atoms with E-state index >= 15 is 0 Å². The zero-order valence-corrected chi connectivity index (χ0v) is 10.8. The highest BCUT2D eigenvalue weighted by Gasteiger charge is 2.43. The second-order valence-electron chi connectivity index (χ2n) is 4.06. The Bertz CT molecular complexity index is 412. The topological polar surface area (TPSA) is 46.2 Å². The van der Waals surface area contributed by atoms with Gasteiger partial charge in [0, 0.05) is 10.9 Å². The first-order chi connectivity index (χ1) is 8.19. The summed E-state index contributed by atoms with van der Waals surface area (Å²) in [6.45, 7) is -1.20. The normalized spacial score (nSPS) is 17.3. The molecule has 3 N–H and O–H groups in total. The molecule has 0 aliphatic heterocycles. The van der Waals surface area contributed by atoms with Gasteiger partial charge in [0.2, 0.25) is 0 Å². The van der Waals surface area contributed by atoms with Crippen LogP contribution < -0.4 is 5.73 Å². The highest BCUT2D eigenvalue weighted by Crippen LogP contribution is 2.32. The van der Waals surface area contributed by atoms with E-state index in [9.17, 15) is 17.6 Å². The Hall–Kier alpha value is -0.660. The molecule has 1 aromatic rings. The maximum atomic E-state index is 13.0. The third kappa shape index (κ3) is 3.66. The summed E-state index contributed by atoms with van der Waals surface area (Å²) in [5.41, 5.74) is 3.96. The van der Waals surface area contributed by atoms with Gasteiger partial charge in [0.15, 0.2) is 6.10 Å². The molecule has 0 heterocycles. The third-order valence-electron chi connectivity index (χ3n) is 2.57. The molecule has 2 nitrogen and oxygen atoms in total. The maximum absolute atomic E-state index is 13.0. The summed E-state index contributed by atoms with van der Waals surface area (Å²) in [5.74, 6) is 0. The summed E-state index contributed by atoms with van der Waals surface area (Å²) in [7, 11) is 0. The van der Waals surface area contributed by atoms with E-state index in [1.54, 1.807) is 6.07 Å². The van der Waals surface area contributed by atoms with Crippen molar-refractivity contribution in [1.29, 1.82) is 0 Å². The minimum atomic E-state index is -4.81. The van der Waals surface area contributed by atoms with Crippen LogP contribution in [0.2, 0.25) is 0 Å².